The third kappa shape index (κ3) is 4.75. The zero-order valence-corrected chi connectivity index (χ0v) is 11.3. The van der Waals surface area contributed by atoms with E-state index in [2.05, 4.69) is 5.32 Å². The topological polar surface area (TPSA) is 47.6 Å². The van der Waals surface area contributed by atoms with E-state index in [0.29, 0.717) is 19.6 Å². The molecule has 0 aliphatic carbocycles. The average Bonchev–Trinajstić information content (AvgIpc) is 2.36. The molecule has 1 aromatic carbocycles. The fourth-order valence-electron chi connectivity index (χ4n) is 1.64. The van der Waals surface area contributed by atoms with E-state index < -0.39 is 0 Å². The molecule has 0 saturated carbocycles. The number of esters is 1. The van der Waals surface area contributed by atoms with Gasteiger partial charge in [0.25, 0.3) is 0 Å². The number of methoxy groups -OCH3 is 1. The summed E-state index contributed by atoms with van der Waals surface area (Å²) in [5.74, 6) is 0.708. The van der Waals surface area contributed by atoms with Crippen molar-refractivity contribution in [3.8, 4) is 5.75 Å². The number of rotatable bonds is 7. The van der Waals surface area contributed by atoms with Crippen molar-refractivity contribution in [3.05, 3.63) is 29.3 Å². The van der Waals surface area contributed by atoms with Gasteiger partial charge in [-0.05, 0) is 37.1 Å². The third-order valence-corrected chi connectivity index (χ3v) is 2.68. The van der Waals surface area contributed by atoms with Crippen LogP contribution in [-0.2, 0) is 16.1 Å². The molecule has 4 nitrogen and oxygen atoms in total. The minimum Gasteiger partial charge on any atom is -0.497 e. The minimum absolute atomic E-state index is 0.156. The largest absolute Gasteiger partial charge is 0.497 e. The Kier molecular flexibility index (Phi) is 6.22. The molecule has 0 heterocycles. The summed E-state index contributed by atoms with van der Waals surface area (Å²) < 4.78 is 10.0. The Bertz CT molecular complexity index is 391. The highest BCUT2D eigenvalue weighted by atomic mass is 16.5. The molecule has 0 aliphatic rings. The summed E-state index contributed by atoms with van der Waals surface area (Å²) in [4.78, 5) is 11.1. The number of nitrogens with one attached hydrogen (secondary N) is 1. The normalized spacial score (nSPS) is 10.2. The van der Waals surface area contributed by atoms with E-state index in [9.17, 15) is 4.79 Å². The standard InChI is InChI=1S/C14H21NO3/c1-4-18-14(16)7-8-15-10-12-5-6-13(17-3)9-11(12)2/h5-6,9,15H,4,7-8,10H2,1-3H3. The van der Waals surface area contributed by atoms with Gasteiger partial charge in [-0.15, -0.1) is 0 Å². The van der Waals surface area contributed by atoms with Gasteiger partial charge in [-0.3, -0.25) is 4.79 Å². The quantitative estimate of drug-likeness (QED) is 0.595. The summed E-state index contributed by atoms with van der Waals surface area (Å²) >= 11 is 0. The second kappa shape index (κ2) is 7.71. The van der Waals surface area contributed by atoms with Crippen molar-refractivity contribution >= 4 is 5.97 Å². The summed E-state index contributed by atoms with van der Waals surface area (Å²) in [5, 5.41) is 3.23. The number of hydrogen-bond donors (Lipinski definition) is 1. The van der Waals surface area contributed by atoms with Crippen LogP contribution in [0.5, 0.6) is 5.75 Å². The van der Waals surface area contributed by atoms with Crippen molar-refractivity contribution in [1.29, 1.82) is 0 Å². The number of carbonyl (C=O) groups excluding carboxylic acids is 1. The molecule has 0 atom stereocenters. The van der Waals surface area contributed by atoms with E-state index in [-0.39, 0.29) is 5.97 Å². The van der Waals surface area contributed by atoms with Gasteiger partial charge in [0, 0.05) is 13.1 Å². The maximum absolute atomic E-state index is 11.1. The number of benzene rings is 1. The first-order valence-electron chi connectivity index (χ1n) is 6.17. The van der Waals surface area contributed by atoms with Crippen molar-refractivity contribution in [3.63, 3.8) is 0 Å². The van der Waals surface area contributed by atoms with Crippen molar-refractivity contribution in [2.24, 2.45) is 0 Å². The molecule has 1 rings (SSSR count). The number of hydrogen-bond acceptors (Lipinski definition) is 4. The number of carbonyl (C=O) groups is 1. The predicted octanol–water partition coefficient (Wildman–Crippen LogP) is 2.05. The van der Waals surface area contributed by atoms with Crippen LogP contribution >= 0.6 is 0 Å². The molecule has 0 aliphatic heterocycles. The molecule has 1 aromatic rings. The highest BCUT2D eigenvalue weighted by molar-refractivity contribution is 5.69. The second-order valence-electron chi connectivity index (χ2n) is 4.02. The molecule has 0 unspecified atom stereocenters. The zero-order chi connectivity index (χ0) is 13.4. The second-order valence-corrected chi connectivity index (χ2v) is 4.02. The Morgan fingerprint density at radius 3 is 2.78 bits per heavy atom. The van der Waals surface area contributed by atoms with Gasteiger partial charge in [-0.2, -0.15) is 0 Å². The monoisotopic (exact) mass is 251 g/mol. The van der Waals surface area contributed by atoms with E-state index in [1.54, 1.807) is 7.11 Å². The van der Waals surface area contributed by atoms with Gasteiger partial charge in [0.05, 0.1) is 20.1 Å². The Labute approximate surface area is 108 Å². The van der Waals surface area contributed by atoms with Gasteiger partial charge in [0.2, 0.25) is 0 Å². The van der Waals surface area contributed by atoms with Gasteiger partial charge >= 0.3 is 5.97 Å². The summed E-state index contributed by atoms with van der Waals surface area (Å²) in [5.41, 5.74) is 2.39. The molecule has 0 bridgehead atoms. The highest BCUT2D eigenvalue weighted by Gasteiger charge is 2.02. The van der Waals surface area contributed by atoms with Gasteiger partial charge < -0.3 is 14.8 Å². The predicted molar refractivity (Wildman–Crippen MR) is 70.7 cm³/mol. The molecular weight excluding hydrogens is 230 g/mol. The van der Waals surface area contributed by atoms with Crippen LogP contribution in [0.1, 0.15) is 24.5 Å². The number of aryl methyl sites for hydroxylation is 1. The molecule has 0 aromatic heterocycles. The number of ether oxygens (including phenoxy) is 2. The fraction of sp³-hybridized carbons (Fsp3) is 0.500. The first-order chi connectivity index (χ1) is 8.67. The summed E-state index contributed by atoms with van der Waals surface area (Å²) in [7, 11) is 1.66. The van der Waals surface area contributed by atoms with E-state index in [1.807, 2.05) is 32.0 Å². The van der Waals surface area contributed by atoms with Crippen LogP contribution in [-0.4, -0.2) is 26.2 Å². The molecule has 0 fully saturated rings. The van der Waals surface area contributed by atoms with Crippen molar-refractivity contribution in [2.75, 3.05) is 20.3 Å². The molecular formula is C14H21NO3. The van der Waals surface area contributed by atoms with E-state index in [0.717, 1.165) is 12.3 Å². The smallest absolute Gasteiger partial charge is 0.307 e. The first kappa shape index (κ1) is 14.5. The van der Waals surface area contributed by atoms with Crippen LogP contribution in [0.25, 0.3) is 0 Å². The van der Waals surface area contributed by atoms with Crippen LogP contribution in [0.3, 0.4) is 0 Å². The molecule has 0 saturated heterocycles. The third-order valence-electron chi connectivity index (χ3n) is 2.68. The van der Waals surface area contributed by atoms with E-state index in [1.165, 1.54) is 11.1 Å². The molecule has 18 heavy (non-hydrogen) atoms. The first-order valence-corrected chi connectivity index (χ1v) is 6.17. The van der Waals surface area contributed by atoms with E-state index in [4.69, 9.17) is 9.47 Å². The van der Waals surface area contributed by atoms with Crippen LogP contribution in [0.15, 0.2) is 18.2 Å². The Balaban J connectivity index is 2.33. The van der Waals surface area contributed by atoms with E-state index >= 15 is 0 Å². The molecule has 0 amide bonds. The van der Waals surface area contributed by atoms with Crippen LogP contribution in [0.4, 0.5) is 0 Å². The maximum Gasteiger partial charge on any atom is 0.307 e. The molecule has 0 radical (unpaired) electrons. The van der Waals surface area contributed by atoms with Crippen LogP contribution < -0.4 is 10.1 Å². The average molecular weight is 251 g/mol. The lowest BCUT2D eigenvalue weighted by molar-refractivity contribution is -0.142. The Hall–Kier alpha value is -1.55. The van der Waals surface area contributed by atoms with Gasteiger partial charge in [0.15, 0.2) is 0 Å². The van der Waals surface area contributed by atoms with Crippen LogP contribution in [0.2, 0.25) is 0 Å². The minimum atomic E-state index is -0.156. The van der Waals surface area contributed by atoms with Gasteiger partial charge in [0.1, 0.15) is 5.75 Å². The lowest BCUT2D eigenvalue weighted by Crippen LogP contribution is -2.19. The van der Waals surface area contributed by atoms with Crippen molar-refractivity contribution in [1.82, 2.24) is 5.32 Å². The molecule has 0 spiro atoms. The fourth-order valence-corrected chi connectivity index (χ4v) is 1.64. The van der Waals surface area contributed by atoms with Crippen LogP contribution in [0, 0.1) is 6.92 Å². The Morgan fingerprint density at radius 1 is 1.39 bits per heavy atom. The van der Waals surface area contributed by atoms with Crippen molar-refractivity contribution < 1.29 is 14.3 Å². The Morgan fingerprint density at radius 2 is 2.17 bits per heavy atom. The maximum atomic E-state index is 11.1. The summed E-state index contributed by atoms with van der Waals surface area (Å²) in [6, 6.07) is 5.98. The lowest BCUT2D eigenvalue weighted by Gasteiger charge is -2.09. The molecule has 1 N–H and O–H groups in total. The summed E-state index contributed by atoms with van der Waals surface area (Å²) in [6.45, 7) is 5.67. The van der Waals surface area contributed by atoms with Gasteiger partial charge in [-0.1, -0.05) is 6.07 Å². The highest BCUT2D eigenvalue weighted by Crippen LogP contribution is 2.16. The summed E-state index contributed by atoms with van der Waals surface area (Å²) in [6.07, 6.45) is 0.406. The molecule has 4 heteroatoms. The zero-order valence-electron chi connectivity index (χ0n) is 11.3. The lowest BCUT2D eigenvalue weighted by atomic mass is 10.1. The van der Waals surface area contributed by atoms with Gasteiger partial charge in [-0.25, -0.2) is 0 Å². The van der Waals surface area contributed by atoms with Crippen molar-refractivity contribution in [2.45, 2.75) is 26.8 Å². The SMILES string of the molecule is CCOC(=O)CCNCc1ccc(OC)cc1C. The molecule has 100 valence electrons.